The van der Waals surface area contributed by atoms with Crippen LogP contribution in [0.25, 0.3) is 0 Å². The molecule has 0 saturated heterocycles. The number of nitrogens with zero attached hydrogens (tertiary/aromatic N) is 4. The molecule has 92 valence electrons. The molecule has 0 amide bonds. The molecule has 18 heavy (non-hydrogen) atoms. The average Bonchev–Trinajstić information content (AvgIpc) is 2.74. The number of rotatable bonds is 3. The molecule has 1 aromatic carbocycles. The lowest BCUT2D eigenvalue weighted by Gasteiger charge is -2.22. The smallest absolute Gasteiger partial charge is 0.127 e. The molecule has 0 saturated carbocycles. The normalized spacial score (nSPS) is 10.1. The van der Waals surface area contributed by atoms with Crippen molar-refractivity contribution in [2.45, 2.75) is 13.5 Å². The zero-order chi connectivity index (χ0) is 13.1. The van der Waals surface area contributed by atoms with Crippen LogP contribution in [0.1, 0.15) is 17.0 Å². The van der Waals surface area contributed by atoms with Gasteiger partial charge in [0.15, 0.2) is 0 Å². The molecule has 0 atom stereocenters. The first-order valence-corrected chi connectivity index (χ1v) is 5.80. The van der Waals surface area contributed by atoms with Gasteiger partial charge in [0.1, 0.15) is 11.9 Å². The van der Waals surface area contributed by atoms with E-state index in [9.17, 15) is 5.26 Å². The van der Waals surface area contributed by atoms with E-state index in [1.807, 2.05) is 50.0 Å². The van der Waals surface area contributed by atoms with Gasteiger partial charge in [-0.25, -0.2) is 4.98 Å². The van der Waals surface area contributed by atoms with Crippen molar-refractivity contribution in [2.75, 3.05) is 11.9 Å². The first-order chi connectivity index (χ1) is 8.63. The number of anilines is 1. The quantitative estimate of drug-likeness (QED) is 0.826. The second-order valence-corrected chi connectivity index (χ2v) is 4.39. The van der Waals surface area contributed by atoms with Crippen LogP contribution in [0.15, 0.2) is 30.6 Å². The summed E-state index contributed by atoms with van der Waals surface area (Å²) < 4.78 is 1.99. The standard InChI is InChI=1S/C14H16N4/c1-11-5-4-6-12(9-15)14(11)18(3)10-13-16-7-8-17(13)2/h4-8H,10H2,1-3H3. The Morgan fingerprint density at radius 2 is 2.22 bits per heavy atom. The molecule has 0 radical (unpaired) electrons. The van der Waals surface area contributed by atoms with Crippen LogP contribution in [0.2, 0.25) is 0 Å². The Kier molecular flexibility index (Phi) is 3.33. The highest BCUT2D eigenvalue weighted by atomic mass is 15.2. The second-order valence-electron chi connectivity index (χ2n) is 4.39. The molecule has 1 aromatic heterocycles. The fourth-order valence-corrected chi connectivity index (χ4v) is 2.10. The minimum atomic E-state index is 0.684. The average molecular weight is 240 g/mol. The van der Waals surface area contributed by atoms with E-state index in [0.717, 1.165) is 17.1 Å². The van der Waals surface area contributed by atoms with Crippen LogP contribution in [0.4, 0.5) is 5.69 Å². The third-order valence-corrected chi connectivity index (χ3v) is 3.04. The molecule has 0 N–H and O–H groups in total. The maximum absolute atomic E-state index is 9.17. The maximum atomic E-state index is 9.17. The number of para-hydroxylation sites is 1. The molecule has 0 unspecified atom stereocenters. The first-order valence-electron chi connectivity index (χ1n) is 5.80. The van der Waals surface area contributed by atoms with Crippen LogP contribution in [-0.2, 0) is 13.6 Å². The third kappa shape index (κ3) is 2.21. The van der Waals surface area contributed by atoms with Crippen LogP contribution in [-0.4, -0.2) is 16.6 Å². The third-order valence-electron chi connectivity index (χ3n) is 3.04. The van der Waals surface area contributed by atoms with Crippen molar-refractivity contribution in [1.82, 2.24) is 9.55 Å². The van der Waals surface area contributed by atoms with Crippen molar-refractivity contribution in [3.8, 4) is 6.07 Å². The molecule has 0 bridgehead atoms. The SMILES string of the molecule is Cc1cccc(C#N)c1N(C)Cc1nccn1C. The molecule has 0 fully saturated rings. The van der Waals surface area contributed by atoms with Crippen LogP contribution >= 0.6 is 0 Å². The minimum absolute atomic E-state index is 0.684. The van der Waals surface area contributed by atoms with Gasteiger partial charge < -0.3 is 9.47 Å². The number of hydrogen-bond donors (Lipinski definition) is 0. The predicted molar refractivity (Wildman–Crippen MR) is 71.2 cm³/mol. The van der Waals surface area contributed by atoms with Gasteiger partial charge >= 0.3 is 0 Å². The molecule has 0 aliphatic rings. The van der Waals surface area contributed by atoms with Crippen molar-refractivity contribution in [3.05, 3.63) is 47.5 Å². The lowest BCUT2D eigenvalue weighted by molar-refractivity contribution is 0.760. The van der Waals surface area contributed by atoms with E-state index < -0.39 is 0 Å². The van der Waals surface area contributed by atoms with E-state index in [2.05, 4.69) is 16.0 Å². The Balaban J connectivity index is 2.32. The Hall–Kier alpha value is -2.28. The number of imidazole rings is 1. The summed E-state index contributed by atoms with van der Waals surface area (Å²) >= 11 is 0. The molecular weight excluding hydrogens is 224 g/mol. The van der Waals surface area contributed by atoms with Crippen LogP contribution in [0.5, 0.6) is 0 Å². The highest BCUT2D eigenvalue weighted by Crippen LogP contribution is 2.24. The van der Waals surface area contributed by atoms with Crippen molar-refractivity contribution in [2.24, 2.45) is 7.05 Å². The number of aromatic nitrogens is 2. The first kappa shape index (κ1) is 12.2. The van der Waals surface area contributed by atoms with Gasteiger partial charge in [0.05, 0.1) is 17.8 Å². The molecule has 4 nitrogen and oxygen atoms in total. The lowest BCUT2D eigenvalue weighted by atomic mass is 10.1. The van der Waals surface area contributed by atoms with E-state index in [4.69, 9.17) is 0 Å². The summed E-state index contributed by atoms with van der Waals surface area (Å²) in [6, 6.07) is 8.01. The summed E-state index contributed by atoms with van der Waals surface area (Å²) in [7, 11) is 3.96. The van der Waals surface area contributed by atoms with E-state index in [1.165, 1.54) is 0 Å². The van der Waals surface area contributed by atoms with Gasteiger partial charge in [0.2, 0.25) is 0 Å². The van der Waals surface area contributed by atoms with Gasteiger partial charge in [0, 0.05) is 26.5 Å². The van der Waals surface area contributed by atoms with E-state index >= 15 is 0 Å². The summed E-state index contributed by atoms with van der Waals surface area (Å²) in [5, 5.41) is 9.17. The number of hydrogen-bond acceptors (Lipinski definition) is 3. The van der Waals surface area contributed by atoms with Crippen LogP contribution in [0.3, 0.4) is 0 Å². The topological polar surface area (TPSA) is 44.9 Å². The highest BCUT2D eigenvalue weighted by Gasteiger charge is 2.12. The largest absolute Gasteiger partial charge is 0.366 e. The summed E-state index contributed by atoms with van der Waals surface area (Å²) in [6.45, 7) is 2.70. The molecule has 0 aliphatic heterocycles. The maximum Gasteiger partial charge on any atom is 0.127 e. The fraction of sp³-hybridized carbons (Fsp3) is 0.286. The molecule has 2 aromatic rings. The van der Waals surface area contributed by atoms with E-state index in [-0.39, 0.29) is 0 Å². The predicted octanol–water partition coefficient (Wildman–Crippen LogP) is 2.24. The van der Waals surface area contributed by atoms with Gasteiger partial charge in [-0.05, 0) is 18.6 Å². The Bertz CT molecular complexity index is 592. The van der Waals surface area contributed by atoms with Crippen molar-refractivity contribution in [1.29, 1.82) is 5.26 Å². The molecule has 4 heteroatoms. The van der Waals surface area contributed by atoms with E-state index in [0.29, 0.717) is 12.1 Å². The Morgan fingerprint density at radius 3 is 2.83 bits per heavy atom. The van der Waals surface area contributed by atoms with E-state index in [1.54, 1.807) is 6.20 Å². The molecule has 0 spiro atoms. The van der Waals surface area contributed by atoms with Gasteiger partial charge in [-0.2, -0.15) is 5.26 Å². The molecule has 2 rings (SSSR count). The summed E-state index contributed by atoms with van der Waals surface area (Å²) in [6.07, 6.45) is 3.71. The second kappa shape index (κ2) is 4.92. The van der Waals surface area contributed by atoms with Gasteiger partial charge in [-0.3, -0.25) is 0 Å². The summed E-state index contributed by atoms with van der Waals surface area (Å²) in [4.78, 5) is 6.37. The number of nitriles is 1. The highest BCUT2D eigenvalue weighted by molar-refractivity contribution is 5.63. The minimum Gasteiger partial charge on any atom is -0.366 e. The van der Waals surface area contributed by atoms with Crippen molar-refractivity contribution >= 4 is 5.69 Å². The van der Waals surface area contributed by atoms with Gasteiger partial charge in [-0.1, -0.05) is 12.1 Å². The lowest BCUT2D eigenvalue weighted by Crippen LogP contribution is -2.20. The van der Waals surface area contributed by atoms with Crippen LogP contribution < -0.4 is 4.90 Å². The van der Waals surface area contributed by atoms with Crippen molar-refractivity contribution in [3.63, 3.8) is 0 Å². The zero-order valence-electron chi connectivity index (χ0n) is 10.9. The summed E-state index contributed by atoms with van der Waals surface area (Å²) in [5.74, 6) is 0.977. The summed E-state index contributed by atoms with van der Waals surface area (Å²) in [5.41, 5.74) is 2.78. The monoisotopic (exact) mass is 240 g/mol. The van der Waals surface area contributed by atoms with Crippen LogP contribution in [0, 0.1) is 18.3 Å². The Labute approximate surface area is 107 Å². The zero-order valence-corrected chi connectivity index (χ0v) is 10.9. The molecule has 0 aliphatic carbocycles. The van der Waals surface area contributed by atoms with Gasteiger partial charge in [0.25, 0.3) is 0 Å². The Morgan fingerprint density at radius 1 is 1.44 bits per heavy atom. The van der Waals surface area contributed by atoms with Gasteiger partial charge in [-0.15, -0.1) is 0 Å². The van der Waals surface area contributed by atoms with Crippen molar-refractivity contribution < 1.29 is 0 Å². The number of benzene rings is 1. The molecular formula is C14H16N4. The number of aryl methyl sites for hydroxylation is 2. The molecule has 1 heterocycles. The fourth-order valence-electron chi connectivity index (χ4n) is 2.10.